The topological polar surface area (TPSA) is 46.6 Å². The molecule has 5 heteroatoms. The van der Waals surface area contributed by atoms with E-state index in [2.05, 4.69) is 12.2 Å². The zero-order valence-corrected chi connectivity index (χ0v) is 16.5. The van der Waals surface area contributed by atoms with Crippen LogP contribution in [0.5, 0.6) is 5.75 Å². The number of hydrogen-bond acceptors (Lipinski definition) is 3. The molecule has 2 aliphatic rings. The largest absolute Gasteiger partial charge is 0.497 e. The molecule has 0 aromatic heterocycles. The monoisotopic (exact) mass is 381 g/mol. The normalized spacial score (nSPS) is 24.7. The zero-order valence-electron chi connectivity index (χ0n) is 15.7. The van der Waals surface area contributed by atoms with Gasteiger partial charge in [-0.1, -0.05) is 48.1 Å². The Balaban J connectivity index is 1.74. The average Bonchev–Trinajstić information content (AvgIpc) is 3.16. The van der Waals surface area contributed by atoms with Crippen molar-refractivity contribution in [3.63, 3.8) is 0 Å². The molecule has 1 heterocycles. The second kappa shape index (κ2) is 6.36. The smallest absolute Gasteiger partial charge is 0.244 e. The van der Waals surface area contributed by atoms with Gasteiger partial charge in [0.05, 0.1) is 17.5 Å². The van der Waals surface area contributed by atoms with Crippen LogP contribution in [0.1, 0.15) is 24.0 Å². The quantitative estimate of drug-likeness (QED) is 0.803. The fourth-order valence-electron chi connectivity index (χ4n) is 4.11. The number of aryl methyl sites for hydroxylation is 1. The Morgan fingerprint density at radius 2 is 1.74 bits per heavy atom. The Kier molecular flexibility index (Phi) is 4.24. The first-order valence-electron chi connectivity index (χ1n) is 8.99. The number of rotatable bonds is 4. The molecule has 0 spiro atoms. The Morgan fingerprint density at radius 3 is 2.37 bits per heavy atom. The molecule has 0 radical (unpaired) electrons. The highest BCUT2D eigenvalue weighted by atomic mass is 32.2. The lowest BCUT2D eigenvalue weighted by Crippen LogP contribution is -2.49. The molecule has 140 valence electrons. The summed E-state index contributed by atoms with van der Waals surface area (Å²) >= 11 is 0. The van der Waals surface area contributed by atoms with Crippen molar-refractivity contribution in [1.29, 1.82) is 0 Å². The molecule has 0 amide bonds. The lowest BCUT2D eigenvalue weighted by Gasteiger charge is -2.39. The van der Waals surface area contributed by atoms with E-state index < -0.39 is 15.6 Å². The summed E-state index contributed by atoms with van der Waals surface area (Å²) in [6, 6.07) is 14.9. The number of nitrogens with zero attached hydrogens (tertiary/aromatic N) is 1. The van der Waals surface area contributed by atoms with Gasteiger partial charge in [0.2, 0.25) is 10.0 Å². The summed E-state index contributed by atoms with van der Waals surface area (Å²) in [5.41, 5.74) is 2.54. The summed E-state index contributed by atoms with van der Waals surface area (Å²) in [5, 5.41) is 0. The number of benzene rings is 2. The molecule has 0 saturated heterocycles. The van der Waals surface area contributed by atoms with Crippen molar-refractivity contribution in [2.24, 2.45) is 0 Å². The van der Waals surface area contributed by atoms with Gasteiger partial charge in [-0.25, -0.2) is 8.42 Å². The number of hydrogen-bond donors (Lipinski definition) is 0. The van der Waals surface area contributed by atoms with Gasteiger partial charge in [0.25, 0.3) is 0 Å². The molecule has 2 aromatic carbocycles. The first kappa shape index (κ1) is 18.0. The Bertz CT molecular complexity index is 1020. The Morgan fingerprint density at radius 1 is 1.07 bits per heavy atom. The molecule has 2 aromatic rings. The van der Waals surface area contributed by atoms with Crippen LogP contribution in [0.4, 0.5) is 0 Å². The van der Waals surface area contributed by atoms with E-state index in [0.29, 0.717) is 11.4 Å². The van der Waals surface area contributed by atoms with Crippen molar-refractivity contribution < 1.29 is 13.2 Å². The standard InChI is InChI=1S/C22H23NO3S/c1-16-4-11-20(12-5-16)27(24,25)23-15-14-18-8-13-21(22(18,23)2)17-6-9-19(26-3)10-7-17/h4-14,21H,15H2,1-3H3/t21-,22+/m1/s1. The van der Waals surface area contributed by atoms with Crippen molar-refractivity contribution in [3.05, 3.63) is 83.5 Å². The number of methoxy groups -OCH3 is 1. The number of fused-ring (bicyclic) bond motifs is 1. The molecule has 0 bridgehead atoms. The molecule has 1 aliphatic carbocycles. The van der Waals surface area contributed by atoms with E-state index in [-0.39, 0.29) is 5.92 Å². The molecule has 2 atom stereocenters. The minimum Gasteiger partial charge on any atom is -0.497 e. The fraction of sp³-hybridized carbons (Fsp3) is 0.273. The Hall–Kier alpha value is -2.37. The van der Waals surface area contributed by atoms with E-state index in [9.17, 15) is 8.42 Å². The second-order valence-corrected chi connectivity index (χ2v) is 9.13. The molecule has 4 nitrogen and oxygen atoms in total. The first-order valence-corrected chi connectivity index (χ1v) is 10.4. The lowest BCUT2D eigenvalue weighted by atomic mass is 9.82. The fourth-order valence-corrected chi connectivity index (χ4v) is 5.84. The summed E-state index contributed by atoms with van der Waals surface area (Å²) < 4.78 is 33.7. The van der Waals surface area contributed by atoms with E-state index in [4.69, 9.17) is 4.74 Å². The van der Waals surface area contributed by atoms with Crippen molar-refractivity contribution in [1.82, 2.24) is 4.31 Å². The van der Waals surface area contributed by atoms with Gasteiger partial charge in [-0.05, 0) is 49.2 Å². The van der Waals surface area contributed by atoms with Crippen LogP contribution < -0.4 is 4.74 Å². The molecule has 27 heavy (non-hydrogen) atoms. The third-order valence-electron chi connectivity index (χ3n) is 5.74. The summed E-state index contributed by atoms with van der Waals surface area (Å²) in [6.07, 6.45) is 6.18. The van der Waals surface area contributed by atoms with E-state index in [1.54, 1.807) is 23.5 Å². The summed E-state index contributed by atoms with van der Waals surface area (Å²) in [6.45, 7) is 4.36. The van der Waals surface area contributed by atoms with E-state index in [1.165, 1.54) is 0 Å². The molecular formula is C22H23NO3S. The average molecular weight is 381 g/mol. The third-order valence-corrected chi connectivity index (χ3v) is 7.71. The second-order valence-electron chi connectivity index (χ2n) is 7.27. The Labute approximate surface area is 160 Å². The van der Waals surface area contributed by atoms with Crippen LogP contribution in [0, 0.1) is 6.92 Å². The van der Waals surface area contributed by atoms with Gasteiger partial charge in [0, 0.05) is 12.5 Å². The van der Waals surface area contributed by atoms with Crippen LogP contribution in [0.15, 0.2) is 77.2 Å². The van der Waals surface area contributed by atoms with Gasteiger partial charge >= 0.3 is 0 Å². The SMILES string of the molecule is COc1ccc([C@H]2C=CC3=CCN(S(=O)(=O)c4ccc(C)cc4)[C@@]32C)cc1. The van der Waals surface area contributed by atoms with Crippen LogP contribution in [0.3, 0.4) is 0 Å². The van der Waals surface area contributed by atoms with Crippen molar-refractivity contribution >= 4 is 10.0 Å². The van der Waals surface area contributed by atoms with Gasteiger partial charge in [-0.2, -0.15) is 4.31 Å². The maximum absolute atomic E-state index is 13.4. The molecule has 1 aliphatic heterocycles. The maximum atomic E-state index is 13.4. The molecule has 4 rings (SSSR count). The van der Waals surface area contributed by atoms with Crippen molar-refractivity contribution in [2.75, 3.05) is 13.7 Å². The van der Waals surface area contributed by atoms with E-state index >= 15 is 0 Å². The molecule has 0 fully saturated rings. The van der Waals surface area contributed by atoms with Crippen LogP contribution in [0.25, 0.3) is 0 Å². The van der Waals surface area contributed by atoms with Gasteiger partial charge < -0.3 is 4.74 Å². The highest BCUT2D eigenvalue weighted by Crippen LogP contribution is 2.50. The highest BCUT2D eigenvalue weighted by Gasteiger charge is 2.52. The van der Waals surface area contributed by atoms with Crippen LogP contribution in [0.2, 0.25) is 0 Å². The zero-order chi connectivity index (χ0) is 19.2. The maximum Gasteiger partial charge on any atom is 0.244 e. The lowest BCUT2D eigenvalue weighted by molar-refractivity contribution is 0.276. The summed E-state index contributed by atoms with van der Waals surface area (Å²) in [4.78, 5) is 0.337. The van der Waals surface area contributed by atoms with E-state index in [1.807, 2.05) is 56.3 Å². The van der Waals surface area contributed by atoms with Crippen molar-refractivity contribution in [3.8, 4) is 5.75 Å². The molecular weight excluding hydrogens is 358 g/mol. The summed E-state index contributed by atoms with van der Waals surface area (Å²) in [5.74, 6) is 0.745. The number of sulfonamides is 1. The third kappa shape index (κ3) is 2.73. The summed E-state index contributed by atoms with van der Waals surface area (Å²) in [7, 11) is -1.97. The van der Waals surface area contributed by atoms with Gasteiger partial charge in [0.1, 0.15) is 5.75 Å². The number of ether oxygens (including phenoxy) is 1. The molecule has 0 unspecified atom stereocenters. The van der Waals surface area contributed by atoms with Gasteiger partial charge in [-0.3, -0.25) is 0 Å². The molecule has 0 N–H and O–H groups in total. The van der Waals surface area contributed by atoms with Crippen LogP contribution in [-0.2, 0) is 10.0 Å². The molecule has 0 saturated carbocycles. The van der Waals surface area contributed by atoms with Crippen LogP contribution in [-0.4, -0.2) is 31.9 Å². The minimum absolute atomic E-state index is 0.0441. The first-order chi connectivity index (χ1) is 12.9. The van der Waals surface area contributed by atoms with Gasteiger partial charge in [0.15, 0.2) is 0 Å². The highest BCUT2D eigenvalue weighted by molar-refractivity contribution is 7.89. The van der Waals surface area contributed by atoms with Gasteiger partial charge in [-0.15, -0.1) is 0 Å². The minimum atomic E-state index is -3.61. The van der Waals surface area contributed by atoms with Crippen LogP contribution >= 0.6 is 0 Å². The predicted molar refractivity (Wildman–Crippen MR) is 106 cm³/mol. The van der Waals surface area contributed by atoms with Crippen molar-refractivity contribution in [2.45, 2.75) is 30.2 Å². The van der Waals surface area contributed by atoms with E-state index in [0.717, 1.165) is 22.4 Å². The predicted octanol–water partition coefficient (Wildman–Crippen LogP) is 4.05.